The minimum absolute atomic E-state index is 0.149. The van der Waals surface area contributed by atoms with Crippen molar-refractivity contribution in [3.05, 3.63) is 34.9 Å². The molecule has 1 aliphatic heterocycles. The van der Waals surface area contributed by atoms with Crippen LogP contribution in [0.2, 0.25) is 5.02 Å². The molecule has 1 aromatic rings. The molecule has 0 N–H and O–H groups in total. The summed E-state index contributed by atoms with van der Waals surface area (Å²) in [6.07, 6.45) is 2.00. The lowest BCUT2D eigenvalue weighted by atomic mass is 9.88. The van der Waals surface area contributed by atoms with Crippen LogP contribution >= 0.6 is 11.6 Å². The van der Waals surface area contributed by atoms with E-state index in [9.17, 15) is 4.79 Å². The van der Waals surface area contributed by atoms with Gasteiger partial charge in [0.25, 0.3) is 0 Å². The SMILES string of the molecule is CC1CCC(c2ccc(Cl)cc2)N(C(C)C)C1=O. The predicted molar refractivity (Wildman–Crippen MR) is 74.6 cm³/mol. The molecule has 2 rings (SSSR count). The van der Waals surface area contributed by atoms with Gasteiger partial charge < -0.3 is 4.90 Å². The van der Waals surface area contributed by atoms with Crippen LogP contribution in [0, 0.1) is 5.92 Å². The first-order chi connectivity index (χ1) is 8.50. The Labute approximate surface area is 114 Å². The van der Waals surface area contributed by atoms with E-state index in [0.29, 0.717) is 0 Å². The lowest BCUT2D eigenvalue weighted by Gasteiger charge is -2.41. The van der Waals surface area contributed by atoms with Crippen LogP contribution in [0.25, 0.3) is 0 Å². The number of carbonyl (C=O) groups excluding carboxylic acids is 1. The number of hydrogen-bond acceptors (Lipinski definition) is 1. The molecule has 1 amide bonds. The van der Waals surface area contributed by atoms with Gasteiger partial charge in [-0.15, -0.1) is 0 Å². The van der Waals surface area contributed by atoms with Crippen LogP contribution in [-0.4, -0.2) is 16.8 Å². The summed E-state index contributed by atoms with van der Waals surface area (Å²) in [4.78, 5) is 14.3. The molecule has 2 nitrogen and oxygen atoms in total. The number of carbonyl (C=O) groups is 1. The van der Waals surface area contributed by atoms with Crippen LogP contribution in [0.3, 0.4) is 0 Å². The molecule has 0 saturated carbocycles. The van der Waals surface area contributed by atoms with Crippen molar-refractivity contribution in [2.24, 2.45) is 5.92 Å². The third kappa shape index (κ3) is 2.54. The molecule has 2 unspecified atom stereocenters. The highest BCUT2D eigenvalue weighted by molar-refractivity contribution is 6.30. The van der Waals surface area contributed by atoms with E-state index in [1.807, 2.05) is 36.1 Å². The Bertz CT molecular complexity index is 427. The number of nitrogens with zero attached hydrogens (tertiary/aromatic N) is 1. The van der Waals surface area contributed by atoms with E-state index in [-0.39, 0.29) is 23.9 Å². The van der Waals surface area contributed by atoms with Crippen molar-refractivity contribution >= 4 is 17.5 Å². The van der Waals surface area contributed by atoms with E-state index in [2.05, 4.69) is 13.8 Å². The Hall–Kier alpha value is -1.02. The van der Waals surface area contributed by atoms with Gasteiger partial charge in [-0.3, -0.25) is 4.79 Å². The van der Waals surface area contributed by atoms with Crippen molar-refractivity contribution in [1.29, 1.82) is 0 Å². The molecule has 3 heteroatoms. The Morgan fingerprint density at radius 2 is 1.83 bits per heavy atom. The van der Waals surface area contributed by atoms with Crippen LogP contribution in [0.4, 0.5) is 0 Å². The van der Waals surface area contributed by atoms with Crippen LogP contribution < -0.4 is 0 Å². The lowest BCUT2D eigenvalue weighted by molar-refractivity contribution is -0.143. The molecular formula is C15H20ClNO. The number of hydrogen-bond donors (Lipinski definition) is 0. The summed E-state index contributed by atoms with van der Waals surface area (Å²) in [5.41, 5.74) is 1.19. The van der Waals surface area contributed by atoms with Gasteiger partial charge in [-0.1, -0.05) is 30.7 Å². The Kier molecular flexibility index (Phi) is 3.96. The van der Waals surface area contributed by atoms with Gasteiger partial charge in [-0.05, 0) is 44.4 Å². The molecule has 1 aliphatic rings. The molecule has 1 fully saturated rings. The maximum atomic E-state index is 12.3. The highest BCUT2D eigenvalue weighted by Gasteiger charge is 2.35. The molecule has 0 spiro atoms. The predicted octanol–water partition coefficient (Wildman–Crippen LogP) is 4.05. The molecule has 0 bridgehead atoms. The average Bonchev–Trinajstić information content (AvgIpc) is 2.33. The van der Waals surface area contributed by atoms with Crippen molar-refractivity contribution in [3.63, 3.8) is 0 Å². The van der Waals surface area contributed by atoms with Crippen LogP contribution in [0.15, 0.2) is 24.3 Å². The van der Waals surface area contributed by atoms with Crippen molar-refractivity contribution in [2.45, 2.75) is 45.7 Å². The number of likely N-dealkylation sites (tertiary alicyclic amines) is 1. The summed E-state index contributed by atoms with van der Waals surface area (Å²) in [5, 5.41) is 0.741. The summed E-state index contributed by atoms with van der Waals surface area (Å²) in [5.74, 6) is 0.423. The number of rotatable bonds is 2. The Morgan fingerprint density at radius 1 is 1.22 bits per heavy atom. The van der Waals surface area contributed by atoms with Crippen LogP contribution in [0.1, 0.15) is 45.2 Å². The molecule has 0 radical (unpaired) electrons. The minimum Gasteiger partial charge on any atom is -0.333 e. The van der Waals surface area contributed by atoms with Crippen LogP contribution in [-0.2, 0) is 4.79 Å². The monoisotopic (exact) mass is 265 g/mol. The minimum atomic E-state index is 0.149. The first-order valence-corrected chi connectivity index (χ1v) is 6.96. The van der Waals surface area contributed by atoms with E-state index in [4.69, 9.17) is 11.6 Å². The molecule has 2 atom stereocenters. The van der Waals surface area contributed by atoms with E-state index < -0.39 is 0 Å². The first kappa shape index (κ1) is 13.4. The zero-order chi connectivity index (χ0) is 13.3. The Morgan fingerprint density at radius 3 is 2.39 bits per heavy atom. The van der Waals surface area contributed by atoms with Gasteiger partial charge in [-0.2, -0.15) is 0 Å². The molecule has 1 aromatic carbocycles. The maximum absolute atomic E-state index is 12.3. The first-order valence-electron chi connectivity index (χ1n) is 6.58. The fourth-order valence-corrected chi connectivity index (χ4v) is 2.83. The van der Waals surface area contributed by atoms with Crippen LogP contribution in [0.5, 0.6) is 0 Å². The second-order valence-corrected chi connectivity index (χ2v) is 5.82. The molecule has 18 heavy (non-hydrogen) atoms. The summed E-state index contributed by atoms with van der Waals surface area (Å²) < 4.78 is 0. The van der Waals surface area contributed by atoms with Crippen molar-refractivity contribution in [2.75, 3.05) is 0 Å². The number of piperidine rings is 1. The summed E-state index contributed by atoms with van der Waals surface area (Å²) in [6, 6.07) is 8.31. The van der Waals surface area contributed by atoms with E-state index in [0.717, 1.165) is 17.9 Å². The van der Waals surface area contributed by atoms with Crippen molar-refractivity contribution in [3.8, 4) is 0 Å². The standard InChI is InChI=1S/C15H20ClNO/c1-10(2)17-14(9-4-11(3)15(17)18)12-5-7-13(16)8-6-12/h5-8,10-11,14H,4,9H2,1-3H3. The zero-order valence-electron chi connectivity index (χ0n) is 11.2. The molecule has 98 valence electrons. The van der Waals surface area contributed by atoms with Gasteiger partial charge in [-0.25, -0.2) is 0 Å². The third-order valence-corrected chi connectivity index (χ3v) is 3.95. The van der Waals surface area contributed by atoms with E-state index in [1.165, 1.54) is 5.56 Å². The topological polar surface area (TPSA) is 20.3 Å². The maximum Gasteiger partial charge on any atom is 0.226 e. The second-order valence-electron chi connectivity index (χ2n) is 5.39. The zero-order valence-corrected chi connectivity index (χ0v) is 11.9. The molecule has 0 aliphatic carbocycles. The van der Waals surface area contributed by atoms with Gasteiger partial charge >= 0.3 is 0 Å². The quantitative estimate of drug-likeness (QED) is 0.790. The smallest absolute Gasteiger partial charge is 0.226 e. The molecule has 0 aromatic heterocycles. The Balaban J connectivity index is 2.30. The highest BCUT2D eigenvalue weighted by Crippen LogP contribution is 2.35. The van der Waals surface area contributed by atoms with Gasteiger partial charge in [0.05, 0.1) is 6.04 Å². The fraction of sp³-hybridized carbons (Fsp3) is 0.533. The molecular weight excluding hydrogens is 246 g/mol. The molecule has 1 saturated heterocycles. The van der Waals surface area contributed by atoms with E-state index >= 15 is 0 Å². The largest absolute Gasteiger partial charge is 0.333 e. The number of benzene rings is 1. The highest BCUT2D eigenvalue weighted by atomic mass is 35.5. The third-order valence-electron chi connectivity index (χ3n) is 3.70. The summed E-state index contributed by atoms with van der Waals surface area (Å²) in [6.45, 7) is 6.19. The van der Waals surface area contributed by atoms with Gasteiger partial charge in [0, 0.05) is 17.0 Å². The lowest BCUT2D eigenvalue weighted by Crippen LogP contribution is -2.46. The van der Waals surface area contributed by atoms with Crippen molar-refractivity contribution < 1.29 is 4.79 Å². The normalized spacial score (nSPS) is 24.7. The fourth-order valence-electron chi connectivity index (χ4n) is 2.71. The van der Waals surface area contributed by atoms with Gasteiger partial charge in [0.15, 0.2) is 0 Å². The van der Waals surface area contributed by atoms with Gasteiger partial charge in [0.2, 0.25) is 5.91 Å². The van der Waals surface area contributed by atoms with Crippen molar-refractivity contribution in [1.82, 2.24) is 4.90 Å². The average molecular weight is 266 g/mol. The van der Waals surface area contributed by atoms with Gasteiger partial charge in [0.1, 0.15) is 0 Å². The second kappa shape index (κ2) is 5.31. The van der Waals surface area contributed by atoms with E-state index in [1.54, 1.807) is 0 Å². The summed E-state index contributed by atoms with van der Waals surface area (Å²) >= 11 is 5.92. The number of halogens is 1. The summed E-state index contributed by atoms with van der Waals surface area (Å²) in [7, 11) is 0. The molecule has 1 heterocycles. The number of amides is 1.